The summed E-state index contributed by atoms with van der Waals surface area (Å²) in [5, 5.41) is 0. The minimum atomic E-state index is -2.24. The molecule has 0 aliphatic carbocycles. The number of hydrogen-bond donors (Lipinski definition) is 1. The van der Waals surface area contributed by atoms with Crippen LogP contribution in [0.2, 0.25) is 0 Å². The van der Waals surface area contributed by atoms with E-state index in [0.29, 0.717) is 30.5 Å². The number of likely N-dealkylation sites (tertiary alicyclic amines) is 1. The summed E-state index contributed by atoms with van der Waals surface area (Å²) in [5.41, 5.74) is 0.331. The Balaban J connectivity index is 1.03. The Kier molecular flexibility index (Phi) is 10.5. The van der Waals surface area contributed by atoms with E-state index in [1.54, 1.807) is 18.0 Å². The zero-order valence-corrected chi connectivity index (χ0v) is 29.6. The van der Waals surface area contributed by atoms with Crippen LogP contribution in [0.1, 0.15) is 69.6 Å². The van der Waals surface area contributed by atoms with Crippen molar-refractivity contribution < 1.29 is 31.8 Å². The fourth-order valence-electron chi connectivity index (χ4n) is 7.39. The molecule has 0 bridgehead atoms. The number of ether oxygens (including phenoxy) is 2. The van der Waals surface area contributed by atoms with Gasteiger partial charge in [0.2, 0.25) is 5.88 Å². The quantitative estimate of drug-likeness (QED) is 0.269. The number of piperidine rings is 1. The van der Waals surface area contributed by atoms with Gasteiger partial charge in [-0.1, -0.05) is 0 Å². The van der Waals surface area contributed by atoms with E-state index >= 15 is 0 Å². The molecular formula is C34H46FN7O6S. The van der Waals surface area contributed by atoms with E-state index in [1.165, 1.54) is 35.0 Å². The highest BCUT2D eigenvalue weighted by Gasteiger charge is 2.46. The Bertz CT molecular complexity index is 1620. The Hall–Kier alpha value is -3.66. The van der Waals surface area contributed by atoms with Gasteiger partial charge in [0.25, 0.3) is 17.2 Å². The third-order valence-electron chi connectivity index (χ3n) is 9.80. The summed E-state index contributed by atoms with van der Waals surface area (Å²) >= 11 is -2.24. The van der Waals surface area contributed by atoms with E-state index in [1.807, 2.05) is 27.7 Å². The number of rotatable bonds is 11. The second kappa shape index (κ2) is 14.7. The van der Waals surface area contributed by atoms with Crippen molar-refractivity contribution in [1.82, 2.24) is 24.8 Å². The molecule has 2 aromatic heterocycles. The van der Waals surface area contributed by atoms with Crippen LogP contribution >= 0.6 is 0 Å². The highest BCUT2D eigenvalue weighted by molar-refractivity contribution is 7.80. The second-order valence-corrected chi connectivity index (χ2v) is 14.8. The number of nitrogens with zero attached hydrogens (tertiary/aromatic N) is 7. The summed E-state index contributed by atoms with van der Waals surface area (Å²) in [5.74, 6) is 1.25. The summed E-state index contributed by atoms with van der Waals surface area (Å²) in [6.07, 6.45) is 8.20. The number of oxazole rings is 1. The maximum absolute atomic E-state index is 14.4. The lowest BCUT2D eigenvalue weighted by atomic mass is 9.72. The van der Waals surface area contributed by atoms with E-state index in [-0.39, 0.29) is 52.7 Å². The van der Waals surface area contributed by atoms with Gasteiger partial charge in [-0.2, -0.15) is 0 Å². The van der Waals surface area contributed by atoms with Crippen molar-refractivity contribution >= 4 is 28.9 Å². The van der Waals surface area contributed by atoms with Crippen LogP contribution in [-0.4, -0.2) is 103 Å². The van der Waals surface area contributed by atoms with E-state index in [9.17, 15) is 17.9 Å². The van der Waals surface area contributed by atoms with Gasteiger partial charge in [-0.25, -0.2) is 27.9 Å². The SMILES string of the molecule is Cc1ncc(N([C@@H]2CC[C@@H](CN3CCC4(CC3)CN(c3ncncc3Oc3ccc(F)cc3C(=O)N(C(C)C)C(C)C)C4)OC2)S(=O)O)o1. The van der Waals surface area contributed by atoms with Crippen LogP contribution in [-0.2, 0) is 16.0 Å². The number of aryl methyl sites for hydroxylation is 1. The molecule has 1 spiro atoms. The van der Waals surface area contributed by atoms with E-state index in [0.717, 1.165) is 52.0 Å². The first-order chi connectivity index (χ1) is 23.4. The second-order valence-electron chi connectivity index (χ2n) is 14.0. The zero-order chi connectivity index (χ0) is 34.9. The maximum atomic E-state index is 14.4. The number of carbonyl (C=O) groups is 1. The number of carbonyl (C=O) groups excluding carboxylic acids is 1. The van der Waals surface area contributed by atoms with E-state index in [4.69, 9.17) is 13.9 Å². The summed E-state index contributed by atoms with van der Waals surface area (Å²) in [6.45, 7) is 14.2. The first kappa shape index (κ1) is 35.2. The van der Waals surface area contributed by atoms with E-state index < -0.39 is 17.1 Å². The fraction of sp³-hybridized carbons (Fsp3) is 0.588. The fourth-order valence-corrected chi connectivity index (χ4v) is 8.05. The standard InChI is InChI=1S/C34H46FN7O6S/c1-22(2)41(23(3)4)33(43)28-14-25(35)6-9-29(28)48-30-15-36-21-38-32(30)40-19-34(20-40)10-12-39(13-11-34)17-27-8-7-26(18-46-27)42(49(44)45)31-16-37-24(5)47-31/h6,9,14-16,21-23,26-27H,7-8,10-13,17-20H2,1-5H3,(H,44,45)/t26-,27+/m1/s1. The molecule has 3 aromatic rings. The molecule has 3 aliphatic heterocycles. The van der Waals surface area contributed by atoms with Crippen molar-refractivity contribution in [2.24, 2.45) is 5.41 Å². The van der Waals surface area contributed by atoms with Crippen LogP contribution in [0.3, 0.4) is 0 Å². The summed E-state index contributed by atoms with van der Waals surface area (Å²) in [6, 6.07) is 3.60. The molecule has 49 heavy (non-hydrogen) atoms. The zero-order valence-electron chi connectivity index (χ0n) is 28.7. The molecule has 3 saturated heterocycles. The number of anilines is 2. The average Bonchev–Trinajstić information content (AvgIpc) is 3.47. The lowest BCUT2D eigenvalue weighted by Crippen LogP contribution is -2.61. The van der Waals surface area contributed by atoms with Gasteiger partial charge >= 0.3 is 0 Å². The molecule has 0 radical (unpaired) electrons. The lowest BCUT2D eigenvalue weighted by Gasteiger charge is -2.54. The molecule has 0 saturated carbocycles. The van der Waals surface area contributed by atoms with Crippen LogP contribution in [0.15, 0.2) is 41.3 Å². The van der Waals surface area contributed by atoms with Crippen LogP contribution in [0.5, 0.6) is 11.5 Å². The van der Waals surface area contributed by atoms with Crippen molar-refractivity contribution in [3.8, 4) is 11.5 Å². The maximum Gasteiger partial charge on any atom is 0.264 e. The molecule has 1 amide bonds. The van der Waals surface area contributed by atoms with Crippen molar-refractivity contribution in [3.63, 3.8) is 0 Å². The molecule has 1 aromatic carbocycles. The molecule has 15 heteroatoms. The van der Waals surface area contributed by atoms with Crippen molar-refractivity contribution in [1.29, 1.82) is 0 Å². The molecule has 266 valence electrons. The molecule has 3 fully saturated rings. The van der Waals surface area contributed by atoms with Gasteiger partial charge < -0.3 is 28.6 Å². The molecule has 1 N–H and O–H groups in total. The number of hydrogen-bond acceptors (Lipinski definition) is 10. The molecule has 3 aliphatic rings. The van der Waals surface area contributed by atoms with Gasteiger partial charge in [0, 0.05) is 44.1 Å². The monoisotopic (exact) mass is 699 g/mol. The first-order valence-corrected chi connectivity index (χ1v) is 18.0. The van der Waals surface area contributed by atoms with Crippen LogP contribution in [0, 0.1) is 18.2 Å². The van der Waals surface area contributed by atoms with Crippen molar-refractivity contribution in [2.75, 3.05) is 48.5 Å². The minimum Gasteiger partial charge on any atom is -0.451 e. The molecule has 13 nitrogen and oxygen atoms in total. The number of aromatic nitrogens is 3. The van der Waals surface area contributed by atoms with Crippen LogP contribution in [0.4, 0.5) is 16.1 Å². The number of halogens is 1. The number of amides is 1. The Morgan fingerprint density at radius 1 is 1.12 bits per heavy atom. The molecule has 1 unspecified atom stereocenters. The van der Waals surface area contributed by atoms with Gasteiger partial charge in [0.15, 0.2) is 17.5 Å². The Labute approximate surface area is 289 Å². The average molecular weight is 700 g/mol. The third kappa shape index (κ3) is 7.74. The van der Waals surface area contributed by atoms with Gasteiger partial charge in [-0.3, -0.25) is 9.35 Å². The highest BCUT2D eigenvalue weighted by atomic mass is 32.2. The summed E-state index contributed by atoms with van der Waals surface area (Å²) in [4.78, 5) is 32.7. The minimum absolute atomic E-state index is 0.0609. The molecule has 3 atom stereocenters. The van der Waals surface area contributed by atoms with Gasteiger partial charge in [0.1, 0.15) is 17.9 Å². The van der Waals surface area contributed by atoms with Crippen molar-refractivity contribution in [2.45, 2.75) is 84.5 Å². The lowest BCUT2D eigenvalue weighted by molar-refractivity contribution is -0.0273. The van der Waals surface area contributed by atoms with Gasteiger partial charge in [0.05, 0.1) is 36.7 Å². The number of benzene rings is 1. The normalized spacial score (nSPS) is 21.5. The Morgan fingerprint density at radius 3 is 2.47 bits per heavy atom. The highest BCUT2D eigenvalue weighted by Crippen LogP contribution is 2.45. The smallest absolute Gasteiger partial charge is 0.264 e. The van der Waals surface area contributed by atoms with Crippen LogP contribution in [0.25, 0.3) is 0 Å². The Morgan fingerprint density at radius 2 is 1.86 bits per heavy atom. The topological polar surface area (TPSA) is 138 Å². The third-order valence-corrected chi connectivity index (χ3v) is 10.6. The van der Waals surface area contributed by atoms with Gasteiger partial charge in [-0.05, 0) is 84.7 Å². The predicted octanol–water partition coefficient (Wildman–Crippen LogP) is 5.06. The molecule has 5 heterocycles. The predicted molar refractivity (Wildman–Crippen MR) is 183 cm³/mol. The van der Waals surface area contributed by atoms with Crippen LogP contribution < -0.4 is 13.9 Å². The summed E-state index contributed by atoms with van der Waals surface area (Å²) in [7, 11) is 0. The molecular weight excluding hydrogens is 653 g/mol. The van der Waals surface area contributed by atoms with Crippen molar-refractivity contribution in [3.05, 3.63) is 54.2 Å². The van der Waals surface area contributed by atoms with E-state index in [2.05, 4.69) is 24.8 Å². The summed E-state index contributed by atoms with van der Waals surface area (Å²) < 4.78 is 55.6. The largest absolute Gasteiger partial charge is 0.451 e. The molecule has 6 rings (SSSR count). The first-order valence-electron chi connectivity index (χ1n) is 16.9. The van der Waals surface area contributed by atoms with Gasteiger partial charge in [-0.15, -0.1) is 0 Å².